The Balaban J connectivity index is 1.79. The van der Waals surface area contributed by atoms with E-state index >= 15 is 0 Å². The number of nitrogens with zero attached hydrogens (tertiary/aromatic N) is 2. The van der Waals surface area contributed by atoms with Gasteiger partial charge >= 0.3 is 0 Å². The average Bonchev–Trinajstić information content (AvgIpc) is 2.64. The maximum Gasteiger partial charge on any atom is 0.216 e. The standard InChI is InChI=1S/C20H22N2O2/c1-2-5-17-6-3-4-7-18(17)16-22(23)20-10-8-19(9-11-20)21-12-14-24-15-13-21/h2-4,6-11,16H,1,5,12-15H2. The van der Waals surface area contributed by atoms with Gasteiger partial charge in [0.1, 0.15) is 0 Å². The van der Waals surface area contributed by atoms with Crippen LogP contribution < -0.4 is 4.90 Å². The van der Waals surface area contributed by atoms with Crippen molar-refractivity contribution in [3.05, 3.63) is 77.5 Å². The first-order valence-corrected chi connectivity index (χ1v) is 8.21. The lowest BCUT2D eigenvalue weighted by atomic mass is 10.1. The van der Waals surface area contributed by atoms with E-state index in [2.05, 4.69) is 11.5 Å². The van der Waals surface area contributed by atoms with Crippen molar-refractivity contribution >= 4 is 17.6 Å². The third-order valence-electron chi connectivity index (χ3n) is 4.16. The number of benzene rings is 2. The topological polar surface area (TPSA) is 38.5 Å². The molecule has 2 aromatic rings. The molecule has 1 aliphatic heterocycles. The van der Waals surface area contributed by atoms with Crippen LogP contribution in [0.15, 0.2) is 61.2 Å². The van der Waals surface area contributed by atoms with Crippen molar-refractivity contribution < 1.29 is 9.48 Å². The second-order valence-electron chi connectivity index (χ2n) is 5.76. The van der Waals surface area contributed by atoms with Gasteiger partial charge < -0.3 is 14.8 Å². The maximum absolute atomic E-state index is 12.5. The molecule has 24 heavy (non-hydrogen) atoms. The number of morpholine rings is 1. The van der Waals surface area contributed by atoms with E-state index < -0.39 is 0 Å². The van der Waals surface area contributed by atoms with Crippen LogP contribution in [0.5, 0.6) is 0 Å². The van der Waals surface area contributed by atoms with Gasteiger partial charge in [0.25, 0.3) is 0 Å². The van der Waals surface area contributed by atoms with Crippen molar-refractivity contribution in [1.29, 1.82) is 0 Å². The van der Waals surface area contributed by atoms with Crippen LogP contribution in [-0.4, -0.2) is 37.3 Å². The van der Waals surface area contributed by atoms with Gasteiger partial charge in [0, 0.05) is 36.5 Å². The van der Waals surface area contributed by atoms with E-state index in [4.69, 9.17) is 4.74 Å². The third-order valence-corrected chi connectivity index (χ3v) is 4.16. The van der Waals surface area contributed by atoms with Gasteiger partial charge in [-0.15, -0.1) is 6.58 Å². The molecule has 0 amide bonds. The molecule has 3 rings (SSSR count). The van der Waals surface area contributed by atoms with Crippen LogP contribution >= 0.6 is 0 Å². The molecule has 0 radical (unpaired) electrons. The molecule has 1 saturated heterocycles. The first kappa shape index (κ1) is 16.3. The van der Waals surface area contributed by atoms with E-state index in [0.717, 1.165) is 54.3 Å². The molecule has 0 saturated carbocycles. The summed E-state index contributed by atoms with van der Waals surface area (Å²) in [7, 11) is 0. The van der Waals surface area contributed by atoms with E-state index in [1.165, 1.54) is 0 Å². The highest BCUT2D eigenvalue weighted by Gasteiger charge is 2.12. The predicted octanol–water partition coefficient (Wildman–Crippen LogP) is 3.51. The zero-order chi connectivity index (χ0) is 16.8. The summed E-state index contributed by atoms with van der Waals surface area (Å²) in [5.41, 5.74) is 3.77. The van der Waals surface area contributed by atoms with Crippen LogP contribution in [0.4, 0.5) is 11.4 Å². The Morgan fingerprint density at radius 3 is 2.50 bits per heavy atom. The first-order valence-electron chi connectivity index (χ1n) is 8.21. The van der Waals surface area contributed by atoms with Crippen molar-refractivity contribution in [2.24, 2.45) is 0 Å². The quantitative estimate of drug-likeness (QED) is 0.278. The molecule has 0 spiro atoms. The van der Waals surface area contributed by atoms with Gasteiger partial charge in [0.15, 0.2) is 6.21 Å². The molecular formula is C20H22N2O2. The summed E-state index contributed by atoms with van der Waals surface area (Å²) in [5.74, 6) is 0. The zero-order valence-corrected chi connectivity index (χ0v) is 13.7. The summed E-state index contributed by atoms with van der Waals surface area (Å²) in [4.78, 5) is 2.27. The van der Waals surface area contributed by atoms with Gasteiger partial charge in [0.2, 0.25) is 5.69 Å². The van der Waals surface area contributed by atoms with Crippen LogP contribution in [0.1, 0.15) is 11.1 Å². The molecule has 0 atom stereocenters. The number of rotatable bonds is 5. The van der Waals surface area contributed by atoms with E-state index in [1.807, 2.05) is 54.6 Å². The van der Waals surface area contributed by atoms with Crippen LogP contribution in [0.25, 0.3) is 0 Å². The third kappa shape index (κ3) is 3.84. The fraction of sp³-hybridized carbons (Fsp3) is 0.250. The van der Waals surface area contributed by atoms with Crippen LogP contribution in [-0.2, 0) is 11.2 Å². The Morgan fingerprint density at radius 2 is 1.79 bits per heavy atom. The number of ether oxygens (including phenoxy) is 1. The lowest BCUT2D eigenvalue weighted by molar-refractivity contribution is -0.354. The van der Waals surface area contributed by atoms with Gasteiger partial charge in [-0.1, -0.05) is 24.3 Å². The van der Waals surface area contributed by atoms with Gasteiger partial charge in [-0.05, 0) is 30.2 Å². The second kappa shape index (κ2) is 7.79. The van der Waals surface area contributed by atoms with Crippen molar-refractivity contribution in [3.8, 4) is 0 Å². The molecule has 0 aromatic heterocycles. The minimum Gasteiger partial charge on any atom is -0.618 e. The number of hydrogen-bond donors (Lipinski definition) is 0. The highest BCUT2D eigenvalue weighted by molar-refractivity contribution is 5.79. The molecule has 124 valence electrons. The van der Waals surface area contributed by atoms with Gasteiger partial charge in [-0.25, -0.2) is 0 Å². The molecule has 4 nitrogen and oxygen atoms in total. The molecule has 1 fully saturated rings. The molecule has 1 aliphatic rings. The molecule has 4 heteroatoms. The highest BCUT2D eigenvalue weighted by atomic mass is 16.5. The van der Waals surface area contributed by atoms with E-state index in [-0.39, 0.29) is 0 Å². The summed E-state index contributed by atoms with van der Waals surface area (Å²) in [6.45, 7) is 7.06. The van der Waals surface area contributed by atoms with Crippen molar-refractivity contribution in [2.75, 3.05) is 31.2 Å². The molecule has 0 aliphatic carbocycles. The van der Waals surface area contributed by atoms with Crippen LogP contribution in [0, 0.1) is 5.21 Å². The summed E-state index contributed by atoms with van der Waals surface area (Å²) >= 11 is 0. The fourth-order valence-corrected chi connectivity index (χ4v) is 2.83. The second-order valence-corrected chi connectivity index (χ2v) is 5.76. The number of allylic oxidation sites excluding steroid dienone is 1. The van der Waals surface area contributed by atoms with Gasteiger partial charge in [-0.2, -0.15) is 4.74 Å². The summed E-state index contributed by atoms with van der Waals surface area (Å²) < 4.78 is 6.29. The zero-order valence-electron chi connectivity index (χ0n) is 13.7. The number of hydrogen-bond acceptors (Lipinski definition) is 3. The predicted molar refractivity (Wildman–Crippen MR) is 98.3 cm³/mol. The normalized spacial score (nSPS) is 15.3. The van der Waals surface area contributed by atoms with E-state index in [9.17, 15) is 5.21 Å². The molecule has 1 heterocycles. The van der Waals surface area contributed by atoms with Crippen molar-refractivity contribution in [3.63, 3.8) is 0 Å². The lowest BCUT2D eigenvalue weighted by Crippen LogP contribution is -2.36. The molecule has 0 unspecified atom stereocenters. The van der Waals surface area contributed by atoms with E-state index in [1.54, 1.807) is 6.21 Å². The van der Waals surface area contributed by atoms with Gasteiger partial charge in [0.05, 0.1) is 13.2 Å². The number of anilines is 1. The Labute approximate surface area is 142 Å². The molecule has 2 aromatic carbocycles. The summed E-state index contributed by atoms with van der Waals surface area (Å²) in [6.07, 6.45) is 4.22. The summed E-state index contributed by atoms with van der Waals surface area (Å²) in [5, 5.41) is 12.5. The Hall–Kier alpha value is -2.59. The van der Waals surface area contributed by atoms with Crippen molar-refractivity contribution in [2.45, 2.75) is 6.42 Å². The molecule has 0 bridgehead atoms. The molecule has 0 N–H and O–H groups in total. The largest absolute Gasteiger partial charge is 0.618 e. The Morgan fingerprint density at radius 1 is 1.08 bits per heavy atom. The van der Waals surface area contributed by atoms with Gasteiger partial charge in [-0.3, -0.25) is 0 Å². The maximum atomic E-state index is 12.5. The minimum atomic E-state index is 0.625. The monoisotopic (exact) mass is 322 g/mol. The SMILES string of the molecule is C=CCc1ccccc1C=[N+]([O-])c1ccc(N2CCOCC2)cc1. The van der Waals surface area contributed by atoms with Crippen LogP contribution in [0.3, 0.4) is 0 Å². The van der Waals surface area contributed by atoms with Crippen molar-refractivity contribution in [1.82, 2.24) is 0 Å². The molecular weight excluding hydrogens is 300 g/mol. The Kier molecular flexibility index (Phi) is 5.29. The van der Waals surface area contributed by atoms with E-state index in [0.29, 0.717) is 5.69 Å². The first-order chi connectivity index (χ1) is 11.8. The average molecular weight is 322 g/mol. The minimum absolute atomic E-state index is 0.625. The van der Waals surface area contributed by atoms with Crippen LogP contribution in [0.2, 0.25) is 0 Å². The smallest absolute Gasteiger partial charge is 0.216 e. The highest BCUT2D eigenvalue weighted by Crippen LogP contribution is 2.20. The summed E-state index contributed by atoms with van der Waals surface area (Å²) in [6, 6.07) is 15.6. The lowest BCUT2D eigenvalue weighted by Gasteiger charge is -2.28. The Bertz CT molecular complexity index is 717. The fourth-order valence-electron chi connectivity index (χ4n) is 2.83.